The number of para-hydroxylation sites is 1. The zero-order valence-corrected chi connectivity index (χ0v) is 29.9. The number of carboxylic acid groups (broad SMARTS) is 3. The summed E-state index contributed by atoms with van der Waals surface area (Å²) in [4.78, 5) is 56.5. The molecule has 6 N–H and O–H groups in total. The molecule has 0 aliphatic carbocycles. The maximum atomic E-state index is 13.2. The first-order chi connectivity index (χ1) is 26.2. The summed E-state index contributed by atoms with van der Waals surface area (Å²) in [5.41, 5.74) is 4.26. The molecule has 4 rings (SSSR count). The van der Waals surface area contributed by atoms with Gasteiger partial charge in [-0.25, -0.2) is 29.9 Å². The summed E-state index contributed by atoms with van der Waals surface area (Å²) < 4.78 is 101. The standard InChI is InChI=1S/C27H33N5O4.3C2HF3O2/c1-4-31-17-27(15-25(33)30-35,18-32(31)5-2)29-26(34)20-10-12-22(13-11-20)36-16-21-14-19(3)28-24-9-7-6-8-23(21)24;3*3-2(4,5)1(6)7/h6-14,35H,4-5,15-18H2,1-3H3,(H,29,34)(H,30,33);3*(H,6,7). The number of carboxylic acids is 3. The topological polar surface area (TPSA) is 219 Å². The van der Waals surface area contributed by atoms with Crippen LogP contribution in [0.25, 0.3) is 10.9 Å². The smallest absolute Gasteiger partial charge is 0.489 e. The number of fused-ring (bicyclic) bond motifs is 1. The first kappa shape index (κ1) is 49.3. The third-order valence-corrected chi connectivity index (χ3v) is 7.27. The lowest BCUT2D eigenvalue weighted by Gasteiger charge is -2.28. The molecule has 1 fully saturated rings. The van der Waals surface area contributed by atoms with Crippen molar-refractivity contribution in [3.63, 3.8) is 0 Å². The number of carbonyl (C=O) groups is 5. The van der Waals surface area contributed by atoms with Gasteiger partial charge < -0.3 is 25.4 Å². The lowest BCUT2D eigenvalue weighted by Crippen LogP contribution is -2.55. The molecule has 0 radical (unpaired) electrons. The van der Waals surface area contributed by atoms with Crippen LogP contribution >= 0.6 is 0 Å². The van der Waals surface area contributed by atoms with Crippen LogP contribution in [0.4, 0.5) is 39.5 Å². The van der Waals surface area contributed by atoms with E-state index in [0.29, 0.717) is 31.0 Å². The molecule has 316 valence electrons. The van der Waals surface area contributed by atoms with E-state index < -0.39 is 47.9 Å². The Morgan fingerprint density at radius 1 is 0.772 bits per heavy atom. The van der Waals surface area contributed by atoms with Gasteiger partial charge in [0.2, 0.25) is 5.91 Å². The van der Waals surface area contributed by atoms with Crippen molar-refractivity contribution < 1.29 is 88.8 Å². The Kier molecular flexibility index (Phi) is 18.1. The van der Waals surface area contributed by atoms with E-state index in [0.717, 1.165) is 35.2 Å². The number of benzene rings is 2. The van der Waals surface area contributed by atoms with Crippen LogP contribution in [0.15, 0.2) is 54.6 Å². The number of hydrogen-bond acceptors (Lipinski definition) is 10. The quantitative estimate of drug-likeness (QED) is 0.0956. The number of nitrogens with zero attached hydrogens (tertiary/aromatic N) is 3. The summed E-state index contributed by atoms with van der Waals surface area (Å²) in [5, 5.41) is 38.8. The second-order valence-electron chi connectivity index (χ2n) is 11.6. The number of hydrogen-bond donors (Lipinski definition) is 6. The molecule has 57 heavy (non-hydrogen) atoms. The van der Waals surface area contributed by atoms with Crippen molar-refractivity contribution in [2.24, 2.45) is 0 Å². The van der Waals surface area contributed by atoms with Gasteiger partial charge in [-0.3, -0.25) is 19.8 Å². The third-order valence-electron chi connectivity index (χ3n) is 7.27. The molecule has 1 aliphatic heterocycles. The molecule has 15 nitrogen and oxygen atoms in total. The second kappa shape index (κ2) is 21.0. The van der Waals surface area contributed by atoms with Gasteiger partial charge in [0.25, 0.3) is 5.91 Å². The van der Waals surface area contributed by atoms with Crippen LogP contribution in [0.3, 0.4) is 0 Å². The van der Waals surface area contributed by atoms with Gasteiger partial charge in [-0.2, -0.15) is 39.5 Å². The number of aromatic nitrogens is 1. The molecular weight excluding hydrogens is 797 g/mol. The number of hydrazine groups is 1. The molecule has 2 amide bonds. The fourth-order valence-electron chi connectivity index (χ4n) is 4.85. The van der Waals surface area contributed by atoms with E-state index >= 15 is 0 Å². The second-order valence-corrected chi connectivity index (χ2v) is 11.6. The number of alkyl halides is 9. The molecule has 2 aromatic carbocycles. The highest BCUT2D eigenvalue weighted by atomic mass is 19.4. The van der Waals surface area contributed by atoms with Gasteiger partial charge in [0.15, 0.2) is 0 Å². The predicted molar refractivity (Wildman–Crippen MR) is 178 cm³/mol. The Labute approximate surface area is 316 Å². The first-order valence-electron chi connectivity index (χ1n) is 15.9. The van der Waals surface area contributed by atoms with Crippen LogP contribution in [-0.4, -0.2) is 115 Å². The Morgan fingerprint density at radius 2 is 1.21 bits per heavy atom. The van der Waals surface area contributed by atoms with Crippen LogP contribution in [0.2, 0.25) is 0 Å². The molecule has 0 atom stereocenters. The maximum Gasteiger partial charge on any atom is 0.490 e. The molecule has 0 saturated carbocycles. The average Bonchev–Trinajstić information content (AvgIpc) is 3.47. The number of halogens is 9. The zero-order valence-electron chi connectivity index (χ0n) is 29.9. The minimum Gasteiger partial charge on any atom is -0.489 e. The predicted octanol–water partition coefficient (Wildman–Crippen LogP) is 4.96. The van der Waals surface area contributed by atoms with E-state index in [4.69, 9.17) is 39.6 Å². The normalized spacial score (nSPS) is 14.1. The number of amides is 2. The Bertz CT molecular complexity index is 1770. The van der Waals surface area contributed by atoms with Crippen LogP contribution in [0.5, 0.6) is 5.75 Å². The van der Waals surface area contributed by atoms with E-state index in [1.807, 2.05) is 51.1 Å². The molecule has 24 heteroatoms. The van der Waals surface area contributed by atoms with Crippen LogP contribution in [0.1, 0.15) is 41.9 Å². The SMILES string of the molecule is CCN1CC(CC(=O)NO)(NC(=O)c2ccc(OCc3cc(C)nc4ccccc34)cc2)CN1CC.O=C(O)C(F)(F)F.O=C(O)C(F)(F)F.O=C(O)C(F)(F)F. The van der Waals surface area contributed by atoms with Crippen molar-refractivity contribution >= 4 is 40.6 Å². The molecule has 0 unspecified atom stereocenters. The number of hydroxylamine groups is 1. The Morgan fingerprint density at radius 3 is 1.61 bits per heavy atom. The number of aliphatic carboxylic acids is 3. The van der Waals surface area contributed by atoms with Gasteiger partial charge in [0, 0.05) is 48.4 Å². The molecule has 0 spiro atoms. The van der Waals surface area contributed by atoms with Crippen LogP contribution < -0.4 is 15.5 Å². The summed E-state index contributed by atoms with van der Waals surface area (Å²) in [6, 6.07) is 16.9. The van der Waals surface area contributed by atoms with Gasteiger partial charge in [0.05, 0.1) is 17.5 Å². The lowest BCUT2D eigenvalue weighted by molar-refractivity contribution is -0.193. The van der Waals surface area contributed by atoms with Gasteiger partial charge >= 0.3 is 36.4 Å². The number of nitrogens with one attached hydrogen (secondary N) is 2. The van der Waals surface area contributed by atoms with Crippen molar-refractivity contribution in [2.75, 3.05) is 26.2 Å². The van der Waals surface area contributed by atoms with E-state index in [9.17, 15) is 49.1 Å². The number of likely N-dealkylation sites (N-methyl/N-ethyl adjacent to an activating group) is 2. The highest BCUT2D eigenvalue weighted by Crippen LogP contribution is 2.26. The van der Waals surface area contributed by atoms with Crippen molar-refractivity contribution in [1.82, 2.24) is 25.8 Å². The molecule has 0 bridgehead atoms. The molecule has 1 aromatic heterocycles. The maximum absolute atomic E-state index is 13.2. The van der Waals surface area contributed by atoms with E-state index in [1.165, 1.54) is 0 Å². The van der Waals surface area contributed by atoms with Crippen molar-refractivity contribution in [2.45, 2.75) is 57.9 Å². The fourth-order valence-corrected chi connectivity index (χ4v) is 4.85. The number of carbonyl (C=O) groups excluding carboxylic acids is 2. The van der Waals surface area contributed by atoms with Gasteiger partial charge in [-0.1, -0.05) is 32.0 Å². The van der Waals surface area contributed by atoms with E-state index in [1.54, 1.807) is 29.7 Å². The minimum atomic E-state index is -5.08. The monoisotopic (exact) mass is 833 g/mol. The average molecular weight is 834 g/mol. The van der Waals surface area contributed by atoms with Gasteiger partial charge in [-0.15, -0.1) is 0 Å². The van der Waals surface area contributed by atoms with Crippen molar-refractivity contribution in [3.8, 4) is 5.75 Å². The van der Waals surface area contributed by atoms with E-state index in [-0.39, 0.29) is 12.3 Å². The molecular formula is C33H36F9N5O10. The molecule has 2 heterocycles. The summed E-state index contributed by atoms with van der Waals surface area (Å²) in [6.07, 6.45) is -15.3. The number of rotatable bonds is 9. The molecule has 1 aliphatic rings. The summed E-state index contributed by atoms with van der Waals surface area (Å²) >= 11 is 0. The zero-order chi connectivity index (χ0) is 43.9. The number of aryl methyl sites for hydroxylation is 1. The largest absolute Gasteiger partial charge is 0.490 e. The Hall–Kier alpha value is -5.75. The van der Waals surface area contributed by atoms with Crippen LogP contribution in [-0.2, 0) is 25.8 Å². The summed E-state index contributed by atoms with van der Waals surface area (Å²) in [5.74, 6) is -8.44. The van der Waals surface area contributed by atoms with Crippen molar-refractivity contribution in [1.29, 1.82) is 0 Å². The van der Waals surface area contributed by atoms with Gasteiger partial charge in [0.1, 0.15) is 12.4 Å². The number of pyridine rings is 1. The highest BCUT2D eigenvalue weighted by molar-refractivity contribution is 5.95. The van der Waals surface area contributed by atoms with Gasteiger partial charge in [-0.05, 0) is 43.3 Å². The lowest BCUT2D eigenvalue weighted by atomic mass is 9.94. The number of ether oxygens (including phenoxy) is 1. The Balaban J connectivity index is 0.000000632. The summed E-state index contributed by atoms with van der Waals surface area (Å²) in [6.45, 7) is 8.88. The fraction of sp³-hybridized carbons (Fsp3) is 0.394. The molecule has 3 aromatic rings. The first-order valence-corrected chi connectivity index (χ1v) is 15.9. The highest BCUT2D eigenvalue weighted by Gasteiger charge is 2.45. The molecule has 1 saturated heterocycles. The third kappa shape index (κ3) is 16.5. The minimum absolute atomic E-state index is 0.0251. The summed E-state index contributed by atoms with van der Waals surface area (Å²) in [7, 11) is 0. The van der Waals surface area contributed by atoms with E-state index in [2.05, 4.69) is 20.3 Å². The van der Waals surface area contributed by atoms with Crippen molar-refractivity contribution in [3.05, 3.63) is 71.4 Å². The van der Waals surface area contributed by atoms with Crippen LogP contribution in [0, 0.1) is 6.92 Å².